The van der Waals surface area contributed by atoms with Crippen LogP contribution in [0.15, 0.2) is 30.3 Å². The second-order valence-corrected chi connectivity index (χ2v) is 8.33. The van der Waals surface area contributed by atoms with Crippen LogP contribution in [0.1, 0.15) is 26.3 Å². The lowest BCUT2D eigenvalue weighted by Gasteiger charge is -2.40. The van der Waals surface area contributed by atoms with Crippen molar-refractivity contribution in [1.29, 1.82) is 0 Å². The Morgan fingerprint density at radius 1 is 1.27 bits per heavy atom. The Morgan fingerprint density at radius 3 is 2.73 bits per heavy atom. The molecule has 2 aromatic rings. The number of hydrogen-bond donors (Lipinski definition) is 3. The number of nitrogen functional groups attached to an aromatic ring is 1. The van der Waals surface area contributed by atoms with Gasteiger partial charge in [-0.3, -0.25) is 0 Å². The van der Waals surface area contributed by atoms with Gasteiger partial charge in [0.15, 0.2) is 0 Å². The van der Waals surface area contributed by atoms with Crippen molar-refractivity contribution in [2.75, 3.05) is 42.7 Å². The largest absolute Gasteiger partial charge is 0.497 e. The van der Waals surface area contributed by atoms with Gasteiger partial charge in [-0.25, -0.2) is 4.79 Å². The highest BCUT2D eigenvalue weighted by atomic mass is 16.6. The van der Waals surface area contributed by atoms with Gasteiger partial charge in [-0.15, -0.1) is 0 Å². The van der Waals surface area contributed by atoms with Crippen molar-refractivity contribution in [2.45, 2.75) is 32.9 Å². The van der Waals surface area contributed by atoms with E-state index in [-0.39, 0.29) is 5.95 Å². The van der Waals surface area contributed by atoms with Gasteiger partial charge in [-0.05, 0) is 38.5 Å². The molecule has 162 valence electrons. The first-order valence-corrected chi connectivity index (χ1v) is 9.95. The Hall–Kier alpha value is -3.23. The normalized spacial score (nSPS) is 14.1. The average molecular weight is 415 g/mol. The summed E-state index contributed by atoms with van der Waals surface area (Å²) in [6.07, 6.45) is -0.392. The summed E-state index contributed by atoms with van der Waals surface area (Å²) < 4.78 is 10.5. The van der Waals surface area contributed by atoms with Crippen LogP contribution >= 0.6 is 0 Å². The topological polar surface area (TPSA) is 115 Å². The molecule has 9 heteroatoms. The van der Waals surface area contributed by atoms with Gasteiger partial charge in [0.05, 0.1) is 7.11 Å². The molecule has 1 aliphatic rings. The van der Waals surface area contributed by atoms with Crippen molar-refractivity contribution >= 4 is 23.7 Å². The molecule has 1 aromatic carbocycles. The first-order chi connectivity index (χ1) is 14.2. The Bertz CT molecular complexity index is 877. The molecule has 1 saturated heterocycles. The fourth-order valence-electron chi connectivity index (χ4n) is 3.11. The van der Waals surface area contributed by atoms with Crippen molar-refractivity contribution in [1.82, 2.24) is 15.3 Å². The quantitative estimate of drug-likeness (QED) is 0.633. The number of methoxy groups -OCH3 is 1. The molecule has 1 aromatic heterocycles. The molecule has 0 aliphatic carbocycles. The second-order valence-electron chi connectivity index (χ2n) is 8.33. The van der Waals surface area contributed by atoms with Crippen LogP contribution < -0.4 is 26.0 Å². The van der Waals surface area contributed by atoms with E-state index < -0.39 is 11.7 Å². The lowest BCUT2D eigenvalue weighted by atomic mass is 10.0. The van der Waals surface area contributed by atoms with E-state index in [1.54, 1.807) is 7.11 Å². The third-order valence-electron chi connectivity index (χ3n) is 4.55. The zero-order valence-electron chi connectivity index (χ0n) is 17.9. The number of carbonyl (C=O) groups is 1. The highest BCUT2D eigenvalue weighted by molar-refractivity contribution is 5.67. The summed E-state index contributed by atoms with van der Waals surface area (Å²) in [7, 11) is 1.65. The molecule has 0 saturated carbocycles. The number of aromatic nitrogens is 2. The zero-order chi connectivity index (χ0) is 21.7. The summed E-state index contributed by atoms with van der Waals surface area (Å²) in [5, 5.41) is 6.10. The summed E-state index contributed by atoms with van der Waals surface area (Å²) in [4.78, 5) is 22.5. The minimum Gasteiger partial charge on any atom is -0.497 e. The Labute approximate surface area is 177 Å². The standard InChI is InChI=1S/C21H30N6O3/c1-21(2,3)30-20(28)24-11-15-12-27(13-15)18-9-17(25-19(22)26-18)23-10-14-6-5-7-16(8-14)29-4/h5-9,15H,10-13H2,1-4H3,(H,24,28)(H3,22,23,25,26). The van der Waals surface area contributed by atoms with Crippen molar-refractivity contribution < 1.29 is 14.3 Å². The van der Waals surface area contributed by atoms with E-state index in [1.165, 1.54) is 0 Å². The predicted molar refractivity (Wildman–Crippen MR) is 117 cm³/mol. The molecule has 1 aliphatic heterocycles. The molecule has 2 heterocycles. The molecule has 0 spiro atoms. The number of rotatable bonds is 7. The summed E-state index contributed by atoms with van der Waals surface area (Å²) in [5.41, 5.74) is 6.48. The summed E-state index contributed by atoms with van der Waals surface area (Å²) in [6, 6.07) is 9.71. The number of benzene rings is 1. The molecule has 1 fully saturated rings. The highest BCUT2D eigenvalue weighted by Gasteiger charge is 2.29. The summed E-state index contributed by atoms with van der Waals surface area (Å²) in [5.74, 6) is 2.79. The fourth-order valence-corrected chi connectivity index (χ4v) is 3.11. The molecular formula is C21H30N6O3. The monoisotopic (exact) mass is 414 g/mol. The molecule has 0 bridgehead atoms. The van der Waals surface area contributed by atoms with Crippen LogP contribution in [0.2, 0.25) is 0 Å². The first kappa shape index (κ1) is 21.5. The van der Waals surface area contributed by atoms with Crippen LogP contribution in [0.5, 0.6) is 5.75 Å². The maximum absolute atomic E-state index is 11.8. The van der Waals surface area contributed by atoms with Crippen LogP contribution in [0.3, 0.4) is 0 Å². The molecular weight excluding hydrogens is 384 g/mol. The van der Waals surface area contributed by atoms with Crippen LogP contribution in [-0.4, -0.2) is 48.4 Å². The second kappa shape index (κ2) is 9.06. The predicted octanol–water partition coefficient (Wildman–Crippen LogP) is 2.64. The number of amides is 1. The number of carbonyl (C=O) groups excluding carboxylic acids is 1. The molecule has 4 N–H and O–H groups in total. The number of anilines is 3. The van der Waals surface area contributed by atoms with Gasteiger partial charge in [0, 0.05) is 38.2 Å². The van der Waals surface area contributed by atoms with E-state index in [1.807, 2.05) is 51.1 Å². The molecule has 9 nitrogen and oxygen atoms in total. The van der Waals surface area contributed by atoms with Gasteiger partial charge in [0.2, 0.25) is 5.95 Å². The van der Waals surface area contributed by atoms with E-state index in [0.29, 0.717) is 24.8 Å². The summed E-state index contributed by atoms with van der Waals surface area (Å²) >= 11 is 0. The van der Waals surface area contributed by atoms with Gasteiger partial charge in [0.1, 0.15) is 23.0 Å². The average Bonchev–Trinajstić information content (AvgIpc) is 2.63. The maximum Gasteiger partial charge on any atom is 0.407 e. The van der Waals surface area contributed by atoms with Gasteiger partial charge in [-0.1, -0.05) is 12.1 Å². The molecule has 0 atom stereocenters. The van der Waals surface area contributed by atoms with E-state index in [9.17, 15) is 4.79 Å². The third-order valence-corrected chi connectivity index (χ3v) is 4.55. The number of alkyl carbamates (subject to hydrolysis) is 1. The molecule has 1 amide bonds. The maximum atomic E-state index is 11.8. The number of nitrogens with zero attached hydrogens (tertiary/aromatic N) is 3. The number of hydrogen-bond acceptors (Lipinski definition) is 8. The van der Waals surface area contributed by atoms with Gasteiger partial charge in [0.25, 0.3) is 0 Å². The lowest BCUT2D eigenvalue weighted by Crippen LogP contribution is -2.52. The first-order valence-electron chi connectivity index (χ1n) is 9.95. The fraction of sp³-hybridized carbons (Fsp3) is 0.476. The Balaban J connectivity index is 1.50. The lowest BCUT2D eigenvalue weighted by molar-refractivity contribution is 0.0516. The van der Waals surface area contributed by atoms with E-state index in [2.05, 4.69) is 25.5 Å². The molecule has 0 radical (unpaired) electrons. The molecule has 30 heavy (non-hydrogen) atoms. The highest BCUT2D eigenvalue weighted by Crippen LogP contribution is 2.25. The van der Waals surface area contributed by atoms with E-state index in [4.69, 9.17) is 15.2 Å². The molecule has 3 rings (SSSR count). The minimum atomic E-state index is -0.498. The minimum absolute atomic E-state index is 0.218. The number of nitrogens with two attached hydrogens (primary N) is 1. The van der Waals surface area contributed by atoms with Gasteiger partial charge in [-0.2, -0.15) is 9.97 Å². The number of ether oxygens (including phenoxy) is 2. The SMILES string of the molecule is COc1cccc(CNc2cc(N3CC(CNC(=O)OC(C)(C)C)C3)nc(N)n2)c1. The third kappa shape index (κ3) is 6.13. The van der Waals surface area contributed by atoms with E-state index >= 15 is 0 Å². The van der Waals surface area contributed by atoms with Gasteiger partial charge >= 0.3 is 6.09 Å². The van der Waals surface area contributed by atoms with Crippen LogP contribution in [0.25, 0.3) is 0 Å². The Morgan fingerprint density at radius 2 is 2.03 bits per heavy atom. The van der Waals surface area contributed by atoms with Crippen molar-refractivity contribution in [3.05, 3.63) is 35.9 Å². The van der Waals surface area contributed by atoms with Crippen LogP contribution in [0, 0.1) is 5.92 Å². The molecule has 0 unspecified atom stereocenters. The van der Waals surface area contributed by atoms with E-state index in [0.717, 1.165) is 30.2 Å². The zero-order valence-corrected chi connectivity index (χ0v) is 17.9. The smallest absolute Gasteiger partial charge is 0.407 e. The van der Waals surface area contributed by atoms with Crippen molar-refractivity contribution in [3.63, 3.8) is 0 Å². The van der Waals surface area contributed by atoms with Gasteiger partial charge < -0.3 is 30.7 Å². The number of nitrogens with one attached hydrogen (secondary N) is 2. The summed E-state index contributed by atoms with van der Waals surface area (Å²) in [6.45, 7) is 8.25. The van der Waals surface area contributed by atoms with Crippen molar-refractivity contribution in [2.24, 2.45) is 5.92 Å². The van der Waals surface area contributed by atoms with Crippen LogP contribution in [0.4, 0.5) is 22.4 Å². The van der Waals surface area contributed by atoms with Crippen molar-refractivity contribution in [3.8, 4) is 5.75 Å². The Kier molecular flexibility index (Phi) is 6.49. The van der Waals surface area contributed by atoms with Crippen LogP contribution in [-0.2, 0) is 11.3 Å².